The van der Waals surface area contributed by atoms with Gasteiger partial charge in [-0.15, -0.1) is 11.3 Å². The monoisotopic (exact) mass is 295 g/mol. The maximum atomic E-state index is 11.2. The normalized spacial score (nSPS) is 11.2. The van der Waals surface area contributed by atoms with Crippen molar-refractivity contribution in [2.24, 2.45) is 5.16 Å². The second kappa shape index (κ2) is 6.31. The van der Waals surface area contributed by atoms with Gasteiger partial charge in [-0.05, 0) is 23.7 Å². The van der Waals surface area contributed by atoms with E-state index in [1.165, 1.54) is 18.4 Å². The summed E-state index contributed by atoms with van der Waals surface area (Å²) in [6, 6.07) is 9.58. The van der Waals surface area contributed by atoms with E-state index in [1.54, 1.807) is 5.38 Å². The number of nitrogens with zero attached hydrogens (tertiary/aromatic N) is 2. The third kappa shape index (κ3) is 3.52. The summed E-state index contributed by atoms with van der Waals surface area (Å²) in [5, 5.41) is 8.30. The van der Waals surface area contributed by atoms with E-state index in [1.807, 2.05) is 30.3 Å². The Balaban J connectivity index is 2.19. The molecule has 0 spiro atoms. The van der Waals surface area contributed by atoms with Gasteiger partial charge in [0.25, 0.3) is 5.24 Å². The summed E-state index contributed by atoms with van der Waals surface area (Å²) < 4.78 is 0. The molecule has 7 heteroatoms. The molecule has 5 nitrogen and oxygen atoms in total. The Labute approximate surface area is 118 Å². The number of halogens is 1. The zero-order chi connectivity index (χ0) is 13.7. The molecule has 0 aliphatic carbocycles. The molecule has 19 heavy (non-hydrogen) atoms. The molecule has 0 unspecified atom stereocenters. The Kier molecular flexibility index (Phi) is 4.48. The zero-order valence-corrected chi connectivity index (χ0v) is 11.5. The topological polar surface area (TPSA) is 63.6 Å². The van der Waals surface area contributed by atoms with Crippen LogP contribution in [0.15, 0.2) is 40.9 Å². The Morgan fingerprint density at radius 2 is 2.16 bits per heavy atom. The van der Waals surface area contributed by atoms with Gasteiger partial charge in [0.15, 0.2) is 10.8 Å². The number of nitrogens with one attached hydrogen (secondary N) is 1. The molecule has 0 radical (unpaired) electrons. The number of benzene rings is 1. The highest BCUT2D eigenvalue weighted by atomic mass is 35.5. The van der Waals surface area contributed by atoms with Crippen LogP contribution in [0.1, 0.15) is 5.69 Å². The molecule has 2 aromatic rings. The molecular formula is C12H10ClN3O2S. The minimum Gasteiger partial charge on any atom is -0.398 e. The van der Waals surface area contributed by atoms with Crippen molar-refractivity contribution in [3.63, 3.8) is 0 Å². The van der Waals surface area contributed by atoms with Gasteiger partial charge in [0.05, 0.1) is 0 Å². The summed E-state index contributed by atoms with van der Waals surface area (Å²) in [7, 11) is 1.34. The van der Waals surface area contributed by atoms with E-state index in [0.717, 1.165) is 5.69 Å². The fraction of sp³-hybridized carbons (Fsp3) is 0.0833. The Morgan fingerprint density at radius 3 is 2.79 bits per heavy atom. The summed E-state index contributed by atoms with van der Waals surface area (Å²) in [6.45, 7) is 0. The third-order valence-electron chi connectivity index (χ3n) is 2.14. The van der Waals surface area contributed by atoms with E-state index >= 15 is 0 Å². The quantitative estimate of drug-likeness (QED) is 0.523. The molecule has 0 bridgehead atoms. The predicted octanol–water partition coefficient (Wildman–Crippen LogP) is 3.00. The first-order chi connectivity index (χ1) is 9.20. The van der Waals surface area contributed by atoms with Crippen LogP contribution in [0.5, 0.6) is 0 Å². The van der Waals surface area contributed by atoms with Crippen LogP contribution in [-0.4, -0.2) is 23.0 Å². The molecule has 1 heterocycles. The lowest BCUT2D eigenvalue weighted by Crippen LogP contribution is -2.10. The van der Waals surface area contributed by atoms with E-state index in [2.05, 4.69) is 20.3 Å². The average molecular weight is 296 g/mol. The van der Waals surface area contributed by atoms with Gasteiger partial charge in [-0.1, -0.05) is 23.4 Å². The molecule has 0 amide bonds. The number of aromatic nitrogens is 1. The van der Waals surface area contributed by atoms with Crippen molar-refractivity contribution < 1.29 is 9.63 Å². The van der Waals surface area contributed by atoms with Crippen LogP contribution < -0.4 is 5.32 Å². The van der Waals surface area contributed by atoms with Crippen LogP contribution in [0, 0.1) is 0 Å². The largest absolute Gasteiger partial charge is 0.398 e. The molecule has 0 fully saturated rings. The molecule has 0 aliphatic rings. The van der Waals surface area contributed by atoms with Gasteiger partial charge in [0.2, 0.25) is 0 Å². The molecule has 1 N–H and O–H groups in total. The first-order valence-corrected chi connectivity index (χ1v) is 6.55. The smallest absolute Gasteiger partial charge is 0.276 e. The van der Waals surface area contributed by atoms with Crippen LogP contribution in [0.2, 0.25) is 0 Å². The molecular weight excluding hydrogens is 286 g/mol. The van der Waals surface area contributed by atoms with Crippen molar-refractivity contribution in [3.8, 4) is 0 Å². The van der Waals surface area contributed by atoms with Gasteiger partial charge < -0.3 is 10.2 Å². The van der Waals surface area contributed by atoms with Crippen molar-refractivity contribution in [1.82, 2.24) is 4.98 Å². The minimum atomic E-state index is -0.710. The number of anilines is 2. The number of hydrogen-bond donors (Lipinski definition) is 1. The number of thiazole rings is 1. The van der Waals surface area contributed by atoms with Crippen LogP contribution in [-0.2, 0) is 9.63 Å². The van der Waals surface area contributed by atoms with E-state index < -0.39 is 5.24 Å². The first-order valence-electron chi connectivity index (χ1n) is 5.29. The zero-order valence-electron chi connectivity index (χ0n) is 9.96. The lowest BCUT2D eigenvalue weighted by atomic mass is 10.3. The predicted molar refractivity (Wildman–Crippen MR) is 76.2 cm³/mol. The number of rotatable bonds is 5. The van der Waals surface area contributed by atoms with Gasteiger partial charge in [0, 0.05) is 11.1 Å². The number of carbonyl (C=O) groups excluding carboxylic acids is 1. The molecule has 1 aromatic heterocycles. The molecule has 0 saturated carbocycles. The number of hydrogen-bond acceptors (Lipinski definition) is 6. The summed E-state index contributed by atoms with van der Waals surface area (Å²) in [5.41, 5.74) is 1.28. The van der Waals surface area contributed by atoms with Gasteiger partial charge in [0.1, 0.15) is 12.8 Å². The lowest BCUT2D eigenvalue weighted by molar-refractivity contribution is -0.106. The van der Waals surface area contributed by atoms with Crippen LogP contribution in [0.25, 0.3) is 0 Å². The van der Waals surface area contributed by atoms with Crippen molar-refractivity contribution in [2.45, 2.75) is 0 Å². The van der Waals surface area contributed by atoms with E-state index in [-0.39, 0.29) is 5.71 Å². The van der Waals surface area contributed by atoms with Crippen LogP contribution >= 0.6 is 22.9 Å². The average Bonchev–Trinajstić information content (AvgIpc) is 2.85. The van der Waals surface area contributed by atoms with Crippen molar-refractivity contribution >= 4 is 44.7 Å². The molecule has 98 valence electrons. The molecule has 0 aliphatic heterocycles. The Morgan fingerprint density at radius 1 is 1.42 bits per heavy atom. The van der Waals surface area contributed by atoms with E-state index in [4.69, 9.17) is 11.6 Å². The highest BCUT2D eigenvalue weighted by molar-refractivity contribution is 7.14. The summed E-state index contributed by atoms with van der Waals surface area (Å²) in [6.07, 6.45) is 0. The molecule has 1 aromatic carbocycles. The first kappa shape index (κ1) is 13.5. The summed E-state index contributed by atoms with van der Waals surface area (Å²) >= 11 is 6.77. The maximum Gasteiger partial charge on any atom is 0.276 e. The molecule has 2 rings (SSSR count). The third-order valence-corrected chi connectivity index (χ3v) is 3.08. The second-order valence-corrected chi connectivity index (χ2v) is 4.63. The minimum absolute atomic E-state index is 0.0125. The lowest BCUT2D eigenvalue weighted by Gasteiger charge is -2.00. The number of carbonyl (C=O) groups is 1. The second-order valence-electron chi connectivity index (χ2n) is 3.43. The maximum absolute atomic E-state index is 11.2. The highest BCUT2D eigenvalue weighted by Gasteiger charge is 2.16. The fourth-order valence-electron chi connectivity index (χ4n) is 1.36. The summed E-state index contributed by atoms with van der Waals surface area (Å²) in [5.74, 6) is 0. The van der Waals surface area contributed by atoms with Gasteiger partial charge in [-0.25, -0.2) is 4.98 Å². The summed E-state index contributed by atoms with van der Waals surface area (Å²) in [4.78, 5) is 20.0. The van der Waals surface area contributed by atoms with Crippen molar-refractivity contribution in [2.75, 3.05) is 12.4 Å². The Hall–Kier alpha value is -1.92. The van der Waals surface area contributed by atoms with Crippen LogP contribution in [0.4, 0.5) is 10.8 Å². The van der Waals surface area contributed by atoms with E-state index in [9.17, 15) is 4.79 Å². The standard InChI is InChI=1S/C12H10ClN3O2S/c1-18-16-10(11(13)17)9-7-19-12(15-9)14-8-5-3-2-4-6-8/h2-7H,1H3,(H,14,15). The van der Waals surface area contributed by atoms with Gasteiger partial charge in [-0.3, -0.25) is 4.79 Å². The SMILES string of the molecule is CON=C(C(=O)Cl)c1csc(Nc2ccccc2)n1. The molecule has 0 saturated heterocycles. The molecule has 0 atom stereocenters. The van der Waals surface area contributed by atoms with Crippen molar-refractivity contribution in [3.05, 3.63) is 41.4 Å². The number of para-hydroxylation sites is 1. The van der Waals surface area contributed by atoms with Crippen molar-refractivity contribution in [1.29, 1.82) is 0 Å². The number of oxime groups is 1. The Bertz CT molecular complexity index is 598. The van der Waals surface area contributed by atoms with Gasteiger partial charge in [-0.2, -0.15) is 0 Å². The fourth-order valence-corrected chi connectivity index (χ4v) is 2.21. The highest BCUT2D eigenvalue weighted by Crippen LogP contribution is 2.21. The van der Waals surface area contributed by atoms with Crippen LogP contribution in [0.3, 0.4) is 0 Å². The van der Waals surface area contributed by atoms with Gasteiger partial charge >= 0.3 is 0 Å². The van der Waals surface area contributed by atoms with E-state index in [0.29, 0.717) is 10.8 Å².